The maximum absolute atomic E-state index is 11.2. The van der Waals surface area contributed by atoms with Crippen LogP contribution in [0, 0.1) is 0 Å². The normalized spacial score (nSPS) is 27.3. The molecule has 1 unspecified atom stereocenters. The molecule has 0 radical (unpaired) electrons. The Bertz CT molecular complexity index is 340. The maximum Gasteiger partial charge on any atom is 0.163 e. The van der Waals surface area contributed by atoms with E-state index in [4.69, 9.17) is 4.74 Å². The molecule has 2 nitrogen and oxygen atoms in total. The minimum Gasteiger partial charge on any atom is -0.490 e. The third kappa shape index (κ3) is 1.52. The highest BCUT2D eigenvalue weighted by molar-refractivity contribution is 7.08. The molecule has 0 saturated heterocycles. The van der Waals surface area contributed by atoms with Crippen molar-refractivity contribution in [2.24, 2.45) is 0 Å². The molecule has 0 aliphatic carbocycles. The summed E-state index contributed by atoms with van der Waals surface area (Å²) in [7, 11) is 0. The molecule has 3 heteroatoms. The van der Waals surface area contributed by atoms with Crippen LogP contribution in [-0.4, -0.2) is 5.78 Å². The Labute approximate surface area is 80.8 Å². The lowest BCUT2D eigenvalue weighted by Crippen LogP contribution is -2.29. The van der Waals surface area contributed by atoms with Gasteiger partial charge in [-0.3, -0.25) is 4.79 Å². The quantitative estimate of drug-likeness (QED) is 0.686. The second-order valence-corrected chi connectivity index (χ2v) is 4.09. The molecular formula is C10H10O2S. The highest BCUT2D eigenvalue weighted by atomic mass is 32.1. The molecule has 0 aromatic carbocycles. The fraction of sp³-hybridized carbons (Fsp3) is 0.300. The fourth-order valence-electron chi connectivity index (χ4n) is 1.43. The molecule has 1 aliphatic rings. The van der Waals surface area contributed by atoms with Gasteiger partial charge in [0.1, 0.15) is 5.60 Å². The topological polar surface area (TPSA) is 26.3 Å². The molecule has 0 fully saturated rings. The summed E-state index contributed by atoms with van der Waals surface area (Å²) >= 11 is 1.62. The minimum atomic E-state index is -0.453. The summed E-state index contributed by atoms with van der Waals surface area (Å²) in [4.78, 5) is 11.2. The molecule has 0 bridgehead atoms. The van der Waals surface area contributed by atoms with Crippen molar-refractivity contribution in [3.8, 4) is 0 Å². The van der Waals surface area contributed by atoms with E-state index in [0.29, 0.717) is 6.42 Å². The molecular weight excluding hydrogens is 184 g/mol. The van der Waals surface area contributed by atoms with Crippen molar-refractivity contribution < 1.29 is 9.53 Å². The van der Waals surface area contributed by atoms with E-state index in [9.17, 15) is 4.79 Å². The van der Waals surface area contributed by atoms with Crippen LogP contribution in [0.15, 0.2) is 29.2 Å². The van der Waals surface area contributed by atoms with Crippen molar-refractivity contribution in [3.63, 3.8) is 0 Å². The monoisotopic (exact) mass is 194 g/mol. The van der Waals surface area contributed by atoms with E-state index < -0.39 is 5.60 Å². The summed E-state index contributed by atoms with van der Waals surface area (Å²) < 4.78 is 5.49. The molecule has 0 amide bonds. The van der Waals surface area contributed by atoms with E-state index in [1.807, 2.05) is 23.8 Å². The van der Waals surface area contributed by atoms with Crippen LogP contribution < -0.4 is 0 Å². The van der Waals surface area contributed by atoms with Gasteiger partial charge in [0.2, 0.25) is 0 Å². The third-order valence-electron chi connectivity index (χ3n) is 2.23. The number of carbonyl (C=O) groups is 1. The van der Waals surface area contributed by atoms with Crippen molar-refractivity contribution in [1.29, 1.82) is 0 Å². The van der Waals surface area contributed by atoms with Gasteiger partial charge in [0.15, 0.2) is 5.78 Å². The summed E-state index contributed by atoms with van der Waals surface area (Å²) in [5, 5.41) is 4.01. The predicted molar refractivity (Wildman–Crippen MR) is 51.5 cm³/mol. The van der Waals surface area contributed by atoms with Gasteiger partial charge in [-0.1, -0.05) is 0 Å². The van der Waals surface area contributed by atoms with Crippen LogP contribution in [0.3, 0.4) is 0 Å². The summed E-state index contributed by atoms with van der Waals surface area (Å²) in [5.41, 5.74) is 0.626. The van der Waals surface area contributed by atoms with Crippen molar-refractivity contribution in [2.75, 3.05) is 0 Å². The van der Waals surface area contributed by atoms with E-state index in [1.54, 1.807) is 11.3 Å². The lowest BCUT2D eigenvalue weighted by Gasteiger charge is -2.29. The molecule has 1 aromatic heterocycles. The summed E-state index contributed by atoms with van der Waals surface area (Å²) in [5.74, 6) is 0.125. The lowest BCUT2D eigenvalue weighted by atomic mass is 9.91. The predicted octanol–water partition coefficient (Wildman–Crippen LogP) is 2.47. The number of carbonyl (C=O) groups excluding carboxylic acids is 1. The van der Waals surface area contributed by atoms with Gasteiger partial charge in [-0.2, -0.15) is 11.3 Å². The van der Waals surface area contributed by atoms with Crippen LogP contribution in [0.1, 0.15) is 18.9 Å². The van der Waals surface area contributed by atoms with Gasteiger partial charge in [-0.15, -0.1) is 0 Å². The van der Waals surface area contributed by atoms with Gasteiger partial charge >= 0.3 is 0 Å². The standard InChI is InChI=1S/C10H10O2S/c1-10(8-3-5-13-7-8)6-9(11)2-4-12-10/h2-5,7H,6H2,1H3. The molecule has 0 saturated carbocycles. The molecule has 0 N–H and O–H groups in total. The number of hydrogen-bond donors (Lipinski definition) is 0. The Morgan fingerprint density at radius 3 is 3.08 bits per heavy atom. The zero-order valence-electron chi connectivity index (χ0n) is 7.32. The van der Waals surface area contributed by atoms with Crippen molar-refractivity contribution in [1.82, 2.24) is 0 Å². The van der Waals surface area contributed by atoms with Crippen LogP contribution in [0.4, 0.5) is 0 Å². The number of hydrogen-bond acceptors (Lipinski definition) is 3. The van der Waals surface area contributed by atoms with Gasteiger partial charge < -0.3 is 4.74 Å². The molecule has 2 heterocycles. The molecule has 13 heavy (non-hydrogen) atoms. The van der Waals surface area contributed by atoms with Gasteiger partial charge in [0.05, 0.1) is 12.7 Å². The lowest BCUT2D eigenvalue weighted by molar-refractivity contribution is -0.122. The Kier molecular flexibility index (Phi) is 1.96. The first kappa shape index (κ1) is 8.51. The van der Waals surface area contributed by atoms with Crippen LogP contribution >= 0.6 is 11.3 Å². The summed E-state index contributed by atoms with van der Waals surface area (Å²) in [6, 6.07) is 2.00. The summed E-state index contributed by atoms with van der Waals surface area (Å²) in [6.07, 6.45) is 3.40. The van der Waals surface area contributed by atoms with E-state index in [-0.39, 0.29) is 5.78 Å². The summed E-state index contributed by atoms with van der Waals surface area (Å²) in [6.45, 7) is 1.94. The van der Waals surface area contributed by atoms with Crippen LogP contribution in [0.5, 0.6) is 0 Å². The highest BCUT2D eigenvalue weighted by Gasteiger charge is 2.32. The van der Waals surface area contributed by atoms with Crippen LogP contribution in [0.2, 0.25) is 0 Å². The molecule has 1 atom stereocenters. The largest absolute Gasteiger partial charge is 0.490 e. The second-order valence-electron chi connectivity index (χ2n) is 3.31. The van der Waals surface area contributed by atoms with Crippen molar-refractivity contribution in [2.45, 2.75) is 18.9 Å². The molecule has 0 spiro atoms. The van der Waals surface area contributed by atoms with E-state index in [2.05, 4.69) is 0 Å². The Hall–Kier alpha value is -1.09. The van der Waals surface area contributed by atoms with Gasteiger partial charge in [-0.25, -0.2) is 0 Å². The zero-order chi connectivity index (χ0) is 9.31. The van der Waals surface area contributed by atoms with Gasteiger partial charge in [0, 0.05) is 11.6 Å². The number of thiophene rings is 1. The molecule has 1 aliphatic heterocycles. The fourth-order valence-corrected chi connectivity index (χ4v) is 2.21. The first-order chi connectivity index (χ1) is 6.21. The van der Waals surface area contributed by atoms with Crippen molar-refractivity contribution in [3.05, 3.63) is 34.7 Å². The van der Waals surface area contributed by atoms with Crippen LogP contribution in [-0.2, 0) is 15.1 Å². The van der Waals surface area contributed by atoms with Crippen molar-refractivity contribution >= 4 is 17.1 Å². The average Bonchev–Trinajstić information content (AvgIpc) is 2.55. The van der Waals surface area contributed by atoms with E-state index in [1.165, 1.54) is 12.3 Å². The second kappa shape index (κ2) is 3.00. The average molecular weight is 194 g/mol. The zero-order valence-corrected chi connectivity index (χ0v) is 8.14. The number of rotatable bonds is 1. The molecule has 68 valence electrons. The van der Waals surface area contributed by atoms with Crippen LogP contribution in [0.25, 0.3) is 0 Å². The number of ketones is 1. The Morgan fingerprint density at radius 1 is 1.62 bits per heavy atom. The van der Waals surface area contributed by atoms with Gasteiger partial charge in [-0.05, 0) is 23.8 Å². The number of ether oxygens (including phenoxy) is 1. The first-order valence-electron chi connectivity index (χ1n) is 4.11. The smallest absolute Gasteiger partial charge is 0.163 e. The minimum absolute atomic E-state index is 0.125. The Morgan fingerprint density at radius 2 is 2.46 bits per heavy atom. The number of allylic oxidation sites excluding steroid dienone is 1. The molecule has 2 rings (SSSR count). The SMILES string of the molecule is CC1(c2ccsc2)CC(=O)C=CO1. The van der Waals surface area contributed by atoms with E-state index in [0.717, 1.165) is 5.56 Å². The third-order valence-corrected chi connectivity index (χ3v) is 2.91. The maximum atomic E-state index is 11.2. The Balaban J connectivity index is 2.32. The molecule has 1 aromatic rings. The first-order valence-corrected chi connectivity index (χ1v) is 5.05. The van der Waals surface area contributed by atoms with Gasteiger partial charge in [0.25, 0.3) is 0 Å². The highest BCUT2D eigenvalue weighted by Crippen LogP contribution is 2.33. The van der Waals surface area contributed by atoms with E-state index >= 15 is 0 Å².